The topological polar surface area (TPSA) is 135 Å². The van der Waals surface area contributed by atoms with Crippen LogP contribution in [0.2, 0.25) is 0 Å². The molecule has 30 heavy (non-hydrogen) atoms. The first-order valence-electron chi connectivity index (χ1n) is 8.55. The highest BCUT2D eigenvalue weighted by Crippen LogP contribution is 2.26. The number of nitro groups is 1. The zero-order valence-electron chi connectivity index (χ0n) is 15.6. The minimum absolute atomic E-state index is 0.0583. The van der Waals surface area contributed by atoms with Crippen molar-refractivity contribution in [1.29, 1.82) is 0 Å². The largest absolute Gasteiger partial charge is 0.289 e. The molecule has 9 nitrogen and oxygen atoms in total. The van der Waals surface area contributed by atoms with Gasteiger partial charge in [-0.25, -0.2) is 16.8 Å². The SMILES string of the molecule is Cc1ccccc1NS(=O)(=O)c1ccc(NS(=O)(=O)c2ccccc2[N+](=O)[O-])cc1. The minimum atomic E-state index is -4.25. The van der Waals surface area contributed by atoms with E-state index in [1.54, 1.807) is 31.2 Å². The van der Waals surface area contributed by atoms with Crippen molar-refractivity contribution in [1.82, 2.24) is 0 Å². The van der Waals surface area contributed by atoms with Crippen LogP contribution in [-0.2, 0) is 20.0 Å². The first kappa shape index (κ1) is 21.3. The van der Waals surface area contributed by atoms with E-state index in [1.165, 1.54) is 36.4 Å². The first-order valence-corrected chi connectivity index (χ1v) is 11.5. The van der Waals surface area contributed by atoms with Gasteiger partial charge in [0.2, 0.25) is 0 Å². The third-order valence-electron chi connectivity index (χ3n) is 4.16. The lowest BCUT2D eigenvalue weighted by atomic mass is 10.2. The van der Waals surface area contributed by atoms with E-state index in [9.17, 15) is 26.9 Å². The van der Waals surface area contributed by atoms with Crippen molar-refractivity contribution in [2.24, 2.45) is 0 Å². The Morgan fingerprint density at radius 3 is 2.00 bits per heavy atom. The van der Waals surface area contributed by atoms with Crippen LogP contribution in [0.15, 0.2) is 82.6 Å². The fourth-order valence-electron chi connectivity index (χ4n) is 2.64. The maximum Gasteiger partial charge on any atom is 0.289 e. The van der Waals surface area contributed by atoms with Crippen LogP contribution in [-0.4, -0.2) is 21.8 Å². The van der Waals surface area contributed by atoms with Gasteiger partial charge >= 0.3 is 0 Å². The van der Waals surface area contributed by atoms with Crippen molar-refractivity contribution in [3.05, 3.63) is 88.5 Å². The van der Waals surface area contributed by atoms with Gasteiger partial charge in [-0.05, 0) is 48.9 Å². The number of para-hydroxylation sites is 2. The van der Waals surface area contributed by atoms with Crippen molar-refractivity contribution in [3.63, 3.8) is 0 Å². The highest BCUT2D eigenvalue weighted by atomic mass is 32.2. The second-order valence-corrected chi connectivity index (χ2v) is 9.61. The van der Waals surface area contributed by atoms with Gasteiger partial charge in [-0.15, -0.1) is 0 Å². The van der Waals surface area contributed by atoms with Crippen LogP contribution in [0.5, 0.6) is 0 Å². The molecule has 0 amide bonds. The van der Waals surface area contributed by atoms with Gasteiger partial charge in [-0.1, -0.05) is 30.3 Å². The first-order chi connectivity index (χ1) is 14.1. The Morgan fingerprint density at radius 2 is 1.37 bits per heavy atom. The third-order valence-corrected chi connectivity index (χ3v) is 6.97. The van der Waals surface area contributed by atoms with Crippen molar-refractivity contribution in [2.45, 2.75) is 16.7 Å². The summed E-state index contributed by atoms with van der Waals surface area (Å²) in [6.45, 7) is 1.76. The predicted molar refractivity (Wildman–Crippen MR) is 112 cm³/mol. The second-order valence-electron chi connectivity index (χ2n) is 6.28. The van der Waals surface area contributed by atoms with Crippen LogP contribution >= 0.6 is 0 Å². The van der Waals surface area contributed by atoms with E-state index in [1.807, 2.05) is 0 Å². The lowest BCUT2D eigenvalue weighted by Crippen LogP contribution is -2.16. The molecule has 3 aromatic rings. The fraction of sp³-hybridized carbons (Fsp3) is 0.0526. The van der Waals surface area contributed by atoms with Crippen molar-refractivity contribution >= 4 is 37.1 Å². The molecule has 0 aliphatic rings. The Morgan fingerprint density at radius 1 is 0.767 bits per heavy atom. The van der Waals surface area contributed by atoms with E-state index in [0.717, 1.165) is 17.7 Å². The Bertz CT molecular complexity index is 1300. The van der Waals surface area contributed by atoms with E-state index < -0.39 is 35.6 Å². The van der Waals surface area contributed by atoms with Crippen LogP contribution in [0.25, 0.3) is 0 Å². The standard InChI is InChI=1S/C19H17N3O6S2/c1-14-6-2-3-7-17(14)21-29(25,26)16-12-10-15(11-13-16)20-30(27,28)19-9-5-4-8-18(19)22(23)24/h2-13,20-21H,1H3. The smallest absolute Gasteiger partial charge is 0.279 e. The van der Waals surface area contributed by atoms with Gasteiger partial charge in [0.25, 0.3) is 25.7 Å². The maximum absolute atomic E-state index is 12.6. The van der Waals surface area contributed by atoms with Crippen LogP contribution in [0, 0.1) is 17.0 Å². The van der Waals surface area contributed by atoms with Gasteiger partial charge in [-0.3, -0.25) is 19.6 Å². The molecule has 0 atom stereocenters. The van der Waals surface area contributed by atoms with E-state index >= 15 is 0 Å². The van der Waals surface area contributed by atoms with Gasteiger partial charge < -0.3 is 0 Å². The summed E-state index contributed by atoms with van der Waals surface area (Å²) in [5.74, 6) is 0. The summed E-state index contributed by atoms with van der Waals surface area (Å²) in [4.78, 5) is 9.74. The van der Waals surface area contributed by atoms with Crippen molar-refractivity contribution in [3.8, 4) is 0 Å². The van der Waals surface area contributed by atoms with Crippen molar-refractivity contribution in [2.75, 3.05) is 9.44 Å². The summed E-state index contributed by atoms with van der Waals surface area (Å²) in [6, 6.07) is 16.8. The second kappa shape index (κ2) is 8.13. The molecule has 0 aliphatic heterocycles. The van der Waals surface area contributed by atoms with Crippen LogP contribution < -0.4 is 9.44 Å². The fourth-order valence-corrected chi connectivity index (χ4v) is 5.00. The maximum atomic E-state index is 12.6. The predicted octanol–water partition coefficient (Wildman–Crippen LogP) is 3.50. The molecule has 2 N–H and O–H groups in total. The average Bonchev–Trinajstić information content (AvgIpc) is 2.70. The number of sulfonamides is 2. The molecular weight excluding hydrogens is 430 g/mol. The molecule has 0 heterocycles. The molecule has 0 spiro atoms. The average molecular weight is 447 g/mol. The van der Waals surface area contributed by atoms with Gasteiger partial charge in [0, 0.05) is 11.8 Å². The molecule has 156 valence electrons. The quantitative estimate of drug-likeness (QED) is 0.420. The molecule has 0 saturated carbocycles. The number of nitro benzene ring substituents is 1. The van der Waals surface area contributed by atoms with Crippen LogP contribution in [0.1, 0.15) is 5.56 Å². The highest BCUT2D eigenvalue weighted by molar-refractivity contribution is 7.93. The molecular formula is C19H17N3O6S2. The molecule has 0 bridgehead atoms. The van der Waals surface area contributed by atoms with E-state index in [0.29, 0.717) is 5.69 Å². The van der Waals surface area contributed by atoms with E-state index in [4.69, 9.17) is 0 Å². The van der Waals surface area contributed by atoms with Crippen LogP contribution in [0.4, 0.5) is 17.1 Å². The zero-order chi connectivity index (χ0) is 21.9. The highest BCUT2D eigenvalue weighted by Gasteiger charge is 2.25. The molecule has 3 rings (SSSR count). The number of rotatable bonds is 7. The van der Waals surface area contributed by atoms with Gasteiger partial charge in [0.15, 0.2) is 4.90 Å². The summed E-state index contributed by atoms with van der Waals surface area (Å²) in [5.41, 5.74) is 0.670. The Hall–Kier alpha value is -3.44. The summed E-state index contributed by atoms with van der Waals surface area (Å²) in [7, 11) is -8.13. The number of hydrogen-bond acceptors (Lipinski definition) is 6. The minimum Gasteiger partial charge on any atom is -0.279 e. The van der Waals surface area contributed by atoms with E-state index in [2.05, 4.69) is 9.44 Å². The van der Waals surface area contributed by atoms with Crippen molar-refractivity contribution < 1.29 is 21.8 Å². The summed E-state index contributed by atoms with van der Waals surface area (Å²) in [5, 5.41) is 11.1. The third kappa shape index (κ3) is 4.58. The lowest BCUT2D eigenvalue weighted by Gasteiger charge is -2.12. The molecule has 0 aliphatic carbocycles. The number of aryl methyl sites for hydroxylation is 1. The molecule has 3 aromatic carbocycles. The Labute approximate surface area is 173 Å². The molecule has 0 aromatic heterocycles. The van der Waals surface area contributed by atoms with Gasteiger partial charge in [-0.2, -0.15) is 0 Å². The zero-order valence-corrected chi connectivity index (χ0v) is 17.3. The number of benzene rings is 3. The molecule has 0 fully saturated rings. The molecule has 0 radical (unpaired) electrons. The number of nitrogens with one attached hydrogen (secondary N) is 2. The monoisotopic (exact) mass is 447 g/mol. The molecule has 0 saturated heterocycles. The van der Waals surface area contributed by atoms with Gasteiger partial charge in [0.1, 0.15) is 0 Å². The van der Waals surface area contributed by atoms with Crippen LogP contribution in [0.3, 0.4) is 0 Å². The Kier molecular flexibility index (Phi) is 5.76. The molecule has 0 unspecified atom stereocenters. The van der Waals surface area contributed by atoms with E-state index in [-0.39, 0.29) is 10.6 Å². The number of hydrogen-bond donors (Lipinski definition) is 2. The lowest BCUT2D eigenvalue weighted by molar-refractivity contribution is -0.387. The Balaban J connectivity index is 1.84. The summed E-state index contributed by atoms with van der Waals surface area (Å²) < 4.78 is 54.9. The van der Waals surface area contributed by atoms with Gasteiger partial charge in [0.05, 0.1) is 15.5 Å². The summed E-state index contributed by atoms with van der Waals surface area (Å²) in [6.07, 6.45) is 0. The summed E-state index contributed by atoms with van der Waals surface area (Å²) >= 11 is 0. The number of nitrogens with zero attached hydrogens (tertiary/aromatic N) is 1. The molecule has 11 heteroatoms. The number of anilines is 2. The normalized spacial score (nSPS) is 11.6.